The number of fused-ring (bicyclic) bond motifs is 1. The van der Waals surface area contributed by atoms with Crippen molar-refractivity contribution in [3.8, 4) is 0 Å². The molecule has 3 rings (SSSR count). The smallest absolute Gasteiger partial charge is 0.223 e. The van der Waals surface area contributed by atoms with Crippen LogP contribution in [0.3, 0.4) is 0 Å². The average molecular weight is 339 g/mol. The molecule has 2 atom stereocenters. The van der Waals surface area contributed by atoms with Crippen LogP contribution in [-0.4, -0.2) is 41.7 Å². The van der Waals surface area contributed by atoms with Crippen molar-refractivity contribution in [2.75, 3.05) is 12.3 Å². The van der Waals surface area contributed by atoms with E-state index in [0.717, 1.165) is 0 Å². The maximum Gasteiger partial charge on any atom is 0.223 e. The molecule has 10 heteroatoms. The number of aromatic nitrogens is 4. The number of aliphatic hydroxyl groups excluding tert-OH is 1. The van der Waals surface area contributed by atoms with Gasteiger partial charge in [0.15, 0.2) is 21.4 Å². The predicted octanol–water partition coefficient (Wildman–Crippen LogP) is 1.52. The third-order valence-corrected chi connectivity index (χ3v) is 3.98. The van der Waals surface area contributed by atoms with Gasteiger partial charge in [-0.25, -0.2) is 4.98 Å². The Labute approximate surface area is 128 Å². The van der Waals surface area contributed by atoms with Gasteiger partial charge in [-0.05, 0) is 0 Å². The lowest BCUT2D eigenvalue weighted by atomic mass is 10.2. The summed E-state index contributed by atoms with van der Waals surface area (Å²) in [5.41, 5.74) is 6.33. The lowest BCUT2D eigenvalue weighted by molar-refractivity contribution is -0.0223. The Morgan fingerprint density at radius 3 is 2.90 bits per heavy atom. The molecule has 108 valence electrons. The number of ether oxygens (including phenoxy) is 1. The highest BCUT2D eigenvalue weighted by molar-refractivity contribution is 6.48. The maximum atomic E-state index is 9.18. The minimum atomic E-state index is -1.22. The summed E-state index contributed by atoms with van der Waals surface area (Å²) in [4.78, 5) is 12.0. The summed E-state index contributed by atoms with van der Waals surface area (Å²) < 4.78 is 5.94. The fraction of sp³-hybridized carbons (Fsp3) is 0.500. The largest absolute Gasteiger partial charge is 0.394 e. The van der Waals surface area contributed by atoms with Crippen LogP contribution in [0.1, 0.15) is 12.6 Å². The van der Waals surface area contributed by atoms with E-state index in [0.29, 0.717) is 11.2 Å². The van der Waals surface area contributed by atoms with Gasteiger partial charge in [0.25, 0.3) is 0 Å². The number of hydrogen-bond acceptors (Lipinski definition) is 6. The normalized spacial score (nSPS) is 25.4. The van der Waals surface area contributed by atoms with Crippen LogP contribution in [-0.2, 0) is 4.74 Å². The molecule has 3 N–H and O–H groups in total. The Kier molecular flexibility index (Phi) is 3.42. The Morgan fingerprint density at radius 2 is 2.25 bits per heavy atom. The highest BCUT2D eigenvalue weighted by Gasteiger charge is 2.47. The quantitative estimate of drug-likeness (QED) is 0.636. The zero-order valence-electron chi connectivity index (χ0n) is 10.0. The first kappa shape index (κ1) is 14.1. The fourth-order valence-electron chi connectivity index (χ4n) is 2.18. The number of aliphatic hydroxyl groups is 1. The van der Waals surface area contributed by atoms with E-state index in [1.165, 1.54) is 10.9 Å². The van der Waals surface area contributed by atoms with Gasteiger partial charge >= 0.3 is 0 Å². The zero-order valence-corrected chi connectivity index (χ0v) is 12.3. The van der Waals surface area contributed by atoms with Gasteiger partial charge in [0.05, 0.1) is 19.0 Å². The van der Waals surface area contributed by atoms with Crippen molar-refractivity contribution in [1.29, 1.82) is 0 Å². The summed E-state index contributed by atoms with van der Waals surface area (Å²) in [5, 5.41) is 9.32. The molecule has 0 spiro atoms. The number of alkyl halides is 2. The van der Waals surface area contributed by atoms with E-state index in [4.69, 9.17) is 45.3 Å². The Balaban J connectivity index is 2.11. The summed E-state index contributed by atoms with van der Waals surface area (Å²) in [7, 11) is 0. The molecule has 1 fully saturated rings. The molecule has 2 aromatic heterocycles. The molecule has 0 aromatic carbocycles. The SMILES string of the molecule is Nc1nc(Cl)c2ncn([C@@H]3O[C@H](CO)CC3(Cl)Cl)c2n1. The van der Waals surface area contributed by atoms with Gasteiger partial charge in [-0.1, -0.05) is 34.8 Å². The number of imidazole rings is 1. The van der Waals surface area contributed by atoms with Crippen LogP contribution in [0.25, 0.3) is 11.2 Å². The molecule has 0 aliphatic carbocycles. The summed E-state index contributed by atoms with van der Waals surface area (Å²) in [6, 6.07) is 0. The van der Waals surface area contributed by atoms with Gasteiger partial charge in [-0.15, -0.1) is 0 Å². The van der Waals surface area contributed by atoms with E-state index in [2.05, 4.69) is 15.0 Å². The summed E-state index contributed by atoms with van der Waals surface area (Å²) in [6.45, 7) is -0.178. The molecule has 20 heavy (non-hydrogen) atoms. The molecule has 1 aliphatic heterocycles. The van der Waals surface area contributed by atoms with Gasteiger partial charge in [0, 0.05) is 6.42 Å². The van der Waals surface area contributed by atoms with Crippen LogP contribution >= 0.6 is 34.8 Å². The first-order chi connectivity index (χ1) is 9.42. The van der Waals surface area contributed by atoms with Crippen LogP contribution in [0, 0.1) is 0 Å². The molecule has 0 radical (unpaired) electrons. The van der Waals surface area contributed by atoms with Gasteiger partial charge in [-0.3, -0.25) is 4.57 Å². The lowest BCUT2D eigenvalue weighted by Gasteiger charge is -2.21. The molecular formula is C10H10Cl3N5O2. The van der Waals surface area contributed by atoms with Crippen LogP contribution < -0.4 is 5.73 Å². The minimum Gasteiger partial charge on any atom is -0.394 e. The summed E-state index contributed by atoms with van der Waals surface area (Å²) in [6.07, 6.45) is 0.528. The predicted molar refractivity (Wildman–Crippen MR) is 74.8 cm³/mol. The van der Waals surface area contributed by atoms with Crippen molar-refractivity contribution in [2.45, 2.75) is 23.1 Å². The second kappa shape index (κ2) is 4.85. The average Bonchev–Trinajstić information content (AvgIpc) is 2.89. The van der Waals surface area contributed by atoms with Crippen LogP contribution in [0.4, 0.5) is 5.95 Å². The second-order valence-electron chi connectivity index (χ2n) is 4.45. The number of rotatable bonds is 2. The van der Waals surface area contributed by atoms with E-state index in [1.807, 2.05) is 0 Å². The van der Waals surface area contributed by atoms with Crippen LogP contribution in [0.5, 0.6) is 0 Å². The molecule has 0 saturated carbocycles. The summed E-state index contributed by atoms with van der Waals surface area (Å²) in [5.74, 6) is 0.00991. The van der Waals surface area contributed by atoms with Crippen molar-refractivity contribution >= 4 is 51.9 Å². The van der Waals surface area contributed by atoms with Crippen LogP contribution in [0.15, 0.2) is 6.33 Å². The number of nitrogen functional groups attached to an aromatic ring is 1. The Hall–Kier alpha value is -0.860. The number of halogens is 3. The standard InChI is InChI=1S/C10H10Cl3N5O2/c11-6-5-7(17-9(14)16-6)18(3-15-5)8-10(12,13)1-4(2-19)20-8/h3-4,8,19H,1-2H2,(H2,14,16,17)/t4-,8+/m0/s1. The van der Waals surface area contributed by atoms with E-state index < -0.39 is 16.7 Å². The molecule has 2 aromatic rings. The molecule has 1 saturated heterocycles. The number of nitrogens with zero attached hydrogens (tertiary/aromatic N) is 4. The van der Waals surface area contributed by atoms with Crippen molar-refractivity contribution in [3.05, 3.63) is 11.5 Å². The third-order valence-electron chi connectivity index (χ3n) is 3.03. The fourth-order valence-corrected chi connectivity index (χ4v) is 3.06. The molecule has 0 bridgehead atoms. The lowest BCUT2D eigenvalue weighted by Crippen LogP contribution is -2.23. The second-order valence-corrected chi connectivity index (χ2v) is 6.36. The number of hydrogen-bond donors (Lipinski definition) is 2. The first-order valence-electron chi connectivity index (χ1n) is 5.72. The van der Waals surface area contributed by atoms with Crippen molar-refractivity contribution in [1.82, 2.24) is 19.5 Å². The molecule has 1 aliphatic rings. The Morgan fingerprint density at radius 1 is 1.50 bits per heavy atom. The molecule has 0 unspecified atom stereocenters. The first-order valence-corrected chi connectivity index (χ1v) is 6.85. The van der Waals surface area contributed by atoms with E-state index >= 15 is 0 Å². The number of anilines is 1. The van der Waals surface area contributed by atoms with E-state index in [1.54, 1.807) is 0 Å². The van der Waals surface area contributed by atoms with Gasteiger partial charge < -0.3 is 15.6 Å². The molecule has 3 heterocycles. The molecular weight excluding hydrogens is 329 g/mol. The van der Waals surface area contributed by atoms with Gasteiger partial charge in [0.2, 0.25) is 5.95 Å². The van der Waals surface area contributed by atoms with Crippen molar-refractivity contribution in [3.63, 3.8) is 0 Å². The maximum absolute atomic E-state index is 9.18. The van der Waals surface area contributed by atoms with E-state index in [-0.39, 0.29) is 24.1 Å². The highest BCUT2D eigenvalue weighted by atomic mass is 35.5. The monoisotopic (exact) mass is 337 g/mol. The Bertz CT molecular complexity index is 662. The third kappa shape index (κ3) is 2.19. The van der Waals surface area contributed by atoms with Crippen molar-refractivity contribution in [2.24, 2.45) is 0 Å². The number of nitrogens with two attached hydrogens (primary N) is 1. The van der Waals surface area contributed by atoms with Crippen LogP contribution in [0.2, 0.25) is 5.15 Å². The highest BCUT2D eigenvalue weighted by Crippen LogP contribution is 2.47. The topological polar surface area (TPSA) is 99.1 Å². The molecule has 0 amide bonds. The van der Waals surface area contributed by atoms with Gasteiger partial charge in [0.1, 0.15) is 5.52 Å². The zero-order chi connectivity index (χ0) is 14.5. The minimum absolute atomic E-state index is 0.00991. The van der Waals surface area contributed by atoms with Gasteiger partial charge in [-0.2, -0.15) is 9.97 Å². The summed E-state index contributed by atoms with van der Waals surface area (Å²) >= 11 is 18.5. The van der Waals surface area contributed by atoms with Crippen molar-refractivity contribution < 1.29 is 9.84 Å². The van der Waals surface area contributed by atoms with E-state index in [9.17, 15) is 5.11 Å². The molecule has 7 nitrogen and oxygen atoms in total.